The Morgan fingerprint density at radius 2 is 1.76 bits per heavy atom. The third-order valence-corrected chi connectivity index (χ3v) is 10.7. The molecule has 0 saturated carbocycles. The maximum absolute atomic E-state index is 14.2. The van der Waals surface area contributed by atoms with E-state index in [9.17, 15) is 19.5 Å². The van der Waals surface area contributed by atoms with Gasteiger partial charge >= 0.3 is 12.1 Å². The lowest BCUT2D eigenvalue weighted by molar-refractivity contribution is -0.295. The average molecular weight is 650 g/mol. The molecule has 1 amide bonds. The van der Waals surface area contributed by atoms with Gasteiger partial charge in [-0.25, -0.2) is 4.79 Å². The Morgan fingerprint density at radius 1 is 1.09 bits per heavy atom. The van der Waals surface area contributed by atoms with Gasteiger partial charge in [-0.05, 0) is 73.5 Å². The standard InChI is InChI=1S/C34H55N3O9/c1-12-13-24-34(8)28-20(4)25(35-14-15-37(28)32(41)46-34)18(2)17-33(7,42-11)29(21(5)26(38)22(6)30(40)44-24)45-31-27(39)23(36(9)10)16-19(3)43-31/h12-13,18-24,27-29,31,39H,14-17H2,1-11H3/b13-12+/t18-,19+,20-,21+,22-,23-,24?,27?,28-,29+,31-,33+,34-/m1/s1. The van der Waals surface area contributed by atoms with Crippen molar-refractivity contribution in [1.29, 1.82) is 0 Å². The number of nitrogens with zero attached hydrogens (tertiary/aromatic N) is 3. The fourth-order valence-corrected chi connectivity index (χ4v) is 8.18. The maximum Gasteiger partial charge on any atom is 0.411 e. The van der Waals surface area contributed by atoms with Gasteiger partial charge in [-0.15, -0.1) is 0 Å². The van der Waals surface area contributed by atoms with E-state index in [1.165, 1.54) is 6.92 Å². The number of methoxy groups -OCH3 is 1. The first-order chi connectivity index (χ1) is 21.5. The molecule has 13 atom stereocenters. The molecule has 0 aromatic carbocycles. The van der Waals surface area contributed by atoms with Crippen molar-refractivity contribution in [2.24, 2.45) is 28.7 Å². The minimum atomic E-state index is -1.23. The van der Waals surface area contributed by atoms with Gasteiger partial charge in [0.2, 0.25) is 0 Å². The molecule has 0 aliphatic carbocycles. The van der Waals surface area contributed by atoms with Crippen molar-refractivity contribution in [2.45, 2.75) is 122 Å². The summed E-state index contributed by atoms with van der Waals surface area (Å²) in [6.45, 7) is 15.5. The van der Waals surface area contributed by atoms with Crippen molar-refractivity contribution in [2.75, 3.05) is 34.3 Å². The summed E-state index contributed by atoms with van der Waals surface area (Å²) in [4.78, 5) is 49.8. The van der Waals surface area contributed by atoms with Gasteiger partial charge in [0.1, 0.15) is 12.0 Å². The number of rotatable bonds is 5. The van der Waals surface area contributed by atoms with Crippen molar-refractivity contribution >= 4 is 23.6 Å². The number of esters is 1. The van der Waals surface area contributed by atoms with Crippen molar-refractivity contribution in [1.82, 2.24) is 9.80 Å². The molecular weight excluding hydrogens is 594 g/mol. The van der Waals surface area contributed by atoms with E-state index < -0.39 is 71.5 Å². The van der Waals surface area contributed by atoms with E-state index >= 15 is 0 Å². The SMILES string of the molecule is C/C=C/C1OC(=O)[C@H](C)C(=O)[C@H](C)[C@H](O[C@H]2O[C@@H](C)C[C@@H](N(C)C)C2O)[C@@](C)(OC)C[C@@H](C)C2=NCCN3C(=O)O[C@@]1(C)[C@H]3[C@@H]2C. The number of likely N-dealkylation sites (N-methyl/N-ethyl adjacent to an activating group) is 1. The van der Waals surface area contributed by atoms with E-state index in [-0.39, 0.29) is 24.0 Å². The number of fused-ring (bicyclic) bond motifs is 1. The number of aliphatic hydroxyl groups excluding tert-OH is 1. The van der Waals surface area contributed by atoms with Crippen LogP contribution in [0.15, 0.2) is 17.1 Å². The number of hydrogen-bond acceptors (Lipinski definition) is 11. The van der Waals surface area contributed by atoms with Crippen LogP contribution in [0.1, 0.15) is 68.2 Å². The molecule has 0 aromatic heterocycles. The molecule has 3 saturated heterocycles. The first kappa shape index (κ1) is 36.5. The Balaban J connectivity index is 1.82. The van der Waals surface area contributed by atoms with Crippen LogP contribution in [0.5, 0.6) is 0 Å². The second kappa shape index (κ2) is 14.0. The van der Waals surface area contributed by atoms with Crippen LogP contribution in [-0.4, -0.2) is 127 Å². The molecule has 3 fully saturated rings. The number of cyclic esters (lactones) is 1. The number of Topliss-reactive ketones (excluding diaryl/α,β-unsaturated/α-hetero) is 1. The summed E-state index contributed by atoms with van der Waals surface area (Å²) in [5, 5.41) is 11.4. The molecule has 4 rings (SSSR count). The van der Waals surface area contributed by atoms with Gasteiger partial charge in [-0.2, -0.15) is 0 Å². The molecule has 12 nitrogen and oxygen atoms in total. The molecular formula is C34H55N3O9. The summed E-state index contributed by atoms with van der Waals surface area (Å²) in [7, 11) is 5.37. The monoisotopic (exact) mass is 649 g/mol. The van der Waals surface area contributed by atoms with Gasteiger partial charge in [0.15, 0.2) is 23.8 Å². The van der Waals surface area contributed by atoms with E-state index in [0.29, 0.717) is 25.9 Å². The minimum Gasteiger partial charge on any atom is -0.453 e. The molecule has 12 heteroatoms. The van der Waals surface area contributed by atoms with Gasteiger partial charge in [-0.3, -0.25) is 19.5 Å². The molecule has 2 unspecified atom stereocenters. The topological polar surface area (TPSA) is 136 Å². The molecule has 2 bridgehead atoms. The van der Waals surface area contributed by atoms with Gasteiger partial charge in [0, 0.05) is 37.2 Å². The molecule has 260 valence electrons. The lowest BCUT2D eigenvalue weighted by Gasteiger charge is -2.47. The third kappa shape index (κ3) is 6.65. The van der Waals surface area contributed by atoms with E-state index in [1.54, 1.807) is 44.9 Å². The first-order valence-electron chi connectivity index (χ1n) is 16.6. The molecule has 0 radical (unpaired) electrons. The van der Waals surface area contributed by atoms with Crippen LogP contribution in [0, 0.1) is 23.7 Å². The molecule has 0 aromatic rings. The largest absolute Gasteiger partial charge is 0.453 e. The Bertz CT molecular complexity index is 1210. The van der Waals surface area contributed by atoms with E-state index in [0.717, 1.165) is 5.71 Å². The fourth-order valence-electron chi connectivity index (χ4n) is 8.18. The Hall–Kier alpha value is -2.38. The lowest BCUT2D eigenvalue weighted by atomic mass is 9.73. The van der Waals surface area contributed by atoms with Crippen molar-refractivity contribution < 1.29 is 43.2 Å². The fraction of sp³-hybridized carbons (Fsp3) is 0.824. The number of amides is 1. The van der Waals surface area contributed by atoms with Crippen molar-refractivity contribution in [3.63, 3.8) is 0 Å². The first-order valence-corrected chi connectivity index (χ1v) is 16.6. The zero-order valence-corrected chi connectivity index (χ0v) is 29.4. The number of aliphatic imine (C=N–C) groups is 1. The summed E-state index contributed by atoms with van der Waals surface area (Å²) >= 11 is 0. The Morgan fingerprint density at radius 3 is 2.37 bits per heavy atom. The highest BCUT2D eigenvalue weighted by molar-refractivity contribution is 6.00. The van der Waals surface area contributed by atoms with E-state index in [2.05, 4.69) is 6.92 Å². The number of carbonyl (C=O) groups excluding carboxylic acids is 3. The smallest absolute Gasteiger partial charge is 0.411 e. The van der Waals surface area contributed by atoms with Crippen LogP contribution < -0.4 is 0 Å². The molecule has 4 aliphatic heterocycles. The zero-order chi connectivity index (χ0) is 34.3. The van der Waals surface area contributed by atoms with Crippen LogP contribution in [-0.2, 0) is 33.3 Å². The number of hydrogen-bond donors (Lipinski definition) is 1. The minimum absolute atomic E-state index is 0.165. The van der Waals surface area contributed by atoms with Gasteiger partial charge in [0.25, 0.3) is 0 Å². The number of carbonyl (C=O) groups is 3. The number of ketones is 1. The summed E-state index contributed by atoms with van der Waals surface area (Å²) in [6, 6.07) is -0.708. The van der Waals surface area contributed by atoms with E-state index in [4.69, 9.17) is 28.7 Å². The second-order valence-corrected chi connectivity index (χ2v) is 14.3. The van der Waals surface area contributed by atoms with E-state index in [1.807, 2.05) is 39.8 Å². The molecule has 4 aliphatic rings. The normalized spacial score (nSPS) is 44.5. The zero-order valence-electron chi connectivity index (χ0n) is 29.4. The van der Waals surface area contributed by atoms with Gasteiger partial charge in [-0.1, -0.05) is 26.8 Å². The highest BCUT2D eigenvalue weighted by atomic mass is 16.7. The number of aliphatic hydroxyl groups is 1. The lowest BCUT2D eigenvalue weighted by Crippen LogP contribution is -2.60. The third-order valence-electron chi connectivity index (χ3n) is 10.7. The summed E-state index contributed by atoms with van der Waals surface area (Å²) in [5.41, 5.74) is -1.43. The average Bonchev–Trinajstić information content (AvgIpc) is 3.13. The van der Waals surface area contributed by atoms with Gasteiger partial charge < -0.3 is 33.7 Å². The molecule has 1 N–H and O–H groups in total. The van der Waals surface area contributed by atoms with Crippen LogP contribution in [0.3, 0.4) is 0 Å². The number of ether oxygens (including phenoxy) is 5. The molecule has 0 spiro atoms. The Kier molecular flexibility index (Phi) is 11.1. The van der Waals surface area contributed by atoms with Crippen LogP contribution >= 0.6 is 0 Å². The predicted molar refractivity (Wildman–Crippen MR) is 171 cm³/mol. The number of allylic oxidation sites excluding steroid dienone is 1. The predicted octanol–water partition coefficient (Wildman–Crippen LogP) is 3.24. The van der Waals surface area contributed by atoms with Crippen LogP contribution in [0.25, 0.3) is 0 Å². The summed E-state index contributed by atoms with van der Waals surface area (Å²) in [6.07, 6.45) is -0.0915. The van der Waals surface area contributed by atoms with Crippen molar-refractivity contribution in [3.05, 3.63) is 12.2 Å². The van der Waals surface area contributed by atoms with Crippen molar-refractivity contribution in [3.8, 4) is 0 Å². The van der Waals surface area contributed by atoms with Gasteiger partial charge in [0.05, 0.1) is 30.4 Å². The quantitative estimate of drug-likeness (QED) is 0.269. The maximum atomic E-state index is 14.2. The summed E-state index contributed by atoms with van der Waals surface area (Å²) < 4.78 is 31.1. The van der Waals surface area contributed by atoms with Crippen LogP contribution in [0.4, 0.5) is 4.79 Å². The highest BCUT2D eigenvalue weighted by Crippen LogP contribution is 2.43. The second-order valence-electron chi connectivity index (χ2n) is 14.3. The molecule has 46 heavy (non-hydrogen) atoms. The summed E-state index contributed by atoms with van der Waals surface area (Å²) in [5.74, 6) is -3.58. The molecule has 4 heterocycles. The Labute approximate surface area is 273 Å². The highest BCUT2D eigenvalue weighted by Gasteiger charge is 2.60. The van der Waals surface area contributed by atoms with Crippen LogP contribution in [0.2, 0.25) is 0 Å².